The van der Waals surface area contributed by atoms with Crippen LogP contribution in [0.5, 0.6) is 5.75 Å². The zero-order chi connectivity index (χ0) is 11.7. The summed E-state index contributed by atoms with van der Waals surface area (Å²) in [6.07, 6.45) is 7.25. The Balaban J connectivity index is 1.90. The van der Waals surface area contributed by atoms with Gasteiger partial charge in [0.2, 0.25) is 0 Å². The zero-order valence-electron chi connectivity index (χ0n) is 10.3. The number of ether oxygens (including phenoxy) is 1. The highest BCUT2D eigenvalue weighted by Crippen LogP contribution is 2.39. The number of para-hydroxylation sites is 1. The molecule has 1 aliphatic carbocycles. The minimum absolute atomic E-state index is 0.375. The summed E-state index contributed by atoms with van der Waals surface area (Å²) in [5.41, 5.74) is 8.97. The first kappa shape index (κ1) is 11.1. The Labute approximate surface area is 103 Å². The van der Waals surface area contributed by atoms with Crippen molar-refractivity contribution in [3.8, 4) is 5.75 Å². The molecule has 2 atom stereocenters. The highest BCUT2D eigenvalue weighted by Gasteiger charge is 2.25. The summed E-state index contributed by atoms with van der Waals surface area (Å²) in [5, 5.41) is 0. The number of nitrogens with two attached hydrogens (primary N) is 1. The van der Waals surface area contributed by atoms with Crippen LogP contribution in [0.25, 0.3) is 0 Å². The summed E-state index contributed by atoms with van der Waals surface area (Å²) in [6.45, 7) is 0.852. The van der Waals surface area contributed by atoms with Crippen LogP contribution in [0.2, 0.25) is 0 Å². The smallest absolute Gasteiger partial charge is 0.126 e. The molecule has 1 aromatic rings. The molecule has 0 bridgehead atoms. The molecule has 0 spiro atoms. The lowest BCUT2D eigenvalue weighted by atomic mass is 9.89. The number of hydrogen-bond acceptors (Lipinski definition) is 2. The molecule has 2 heteroatoms. The molecule has 0 saturated heterocycles. The Hall–Kier alpha value is -1.02. The van der Waals surface area contributed by atoms with E-state index >= 15 is 0 Å². The molecule has 2 aliphatic rings. The Kier molecular flexibility index (Phi) is 3.06. The summed E-state index contributed by atoms with van der Waals surface area (Å²) in [6, 6.07) is 6.99. The van der Waals surface area contributed by atoms with E-state index in [1.54, 1.807) is 0 Å². The second-order valence-corrected chi connectivity index (χ2v) is 5.41. The van der Waals surface area contributed by atoms with Crippen LogP contribution in [0, 0.1) is 0 Å². The molecule has 1 aromatic carbocycles. The van der Waals surface area contributed by atoms with Crippen molar-refractivity contribution in [2.24, 2.45) is 5.73 Å². The van der Waals surface area contributed by atoms with Gasteiger partial charge in [-0.3, -0.25) is 0 Å². The van der Waals surface area contributed by atoms with E-state index in [1.165, 1.54) is 42.6 Å². The van der Waals surface area contributed by atoms with Crippen LogP contribution in [0.15, 0.2) is 18.2 Å². The summed E-state index contributed by atoms with van der Waals surface area (Å²) < 4.78 is 5.82. The van der Waals surface area contributed by atoms with Crippen LogP contribution < -0.4 is 10.5 Å². The van der Waals surface area contributed by atoms with Gasteiger partial charge in [-0.25, -0.2) is 0 Å². The quantitative estimate of drug-likeness (QED) is 0.754. The van der Waals surface area contributed by atoms with Gasteiger partial charge in [-0.05, 0) is 36.3 Å². The fourth-order valence-corrected chi connectivity index (χ4v) is 3.24. The van der Waals surface area contributed by atoms with E-state index in [9.17, 15) is 0 Å². The standard InChI is InChI=1S/C15H21NO/c16-13-6-2-1-4-12(10-13)14-7-3-5-11-8-9-17-15(11)14/h3,5,7,12-13H,1-2,4,6,8-10,16H2. The zero-order valence-corrected chi connectivity index (χ0v) is 10.3. The van der Waals surface area contributed by atoms with Crippen molar-refractivity contribution in [2.75, 3.05) is 6.61 Å². The lowest BCUT2D eigenvalue weighted by Crippen LogP contribution is -2.21. The van der Waals surface area contributed by atoms with Gasteiger partial charge in [0, 0.05) is 12.5 Å². The van der Waals surface area contributed by atoms with E-state index in [-0.39, 0.29) is 0 Å². The van der Waals surface area contributed by atoms with Gasteiger partial charge in [0.1, 0.15) is 5.75 Å². The van der Waals surface area contributed by atoms with E-state index in [2.05, 4.69) is 18.2 Å². The Morgan fingerprint density at radius 3 is 3.00 bits per heavy atom. The first-order chi connectivity index (χ1) is 8.34. The summed E-state index contributed by atoms with van der Waals surface area (Å²) in [5.74, 6) is 1.78. The maximum Gasteiger partial charge on any atom is 0.126 e. The summed E-state index contributed by atoms with van der Waals surface area (Å²) in [7, 11) is 0. The minimum atomic E-state index is 0.375. The molecule has 92 valence electrons. The van der Waals surface area contributed by atoms with Crippen LogP contribution in [-0.2, 0) is 6.42 Å². The van der Waals surface area contributed by atoms with Crippen molar-refractivity contribution in [3.05, 3.63) is 29.3 Å². The van der Waals surface area contributed by atoms with Crippen LogP contribution in [0.4, 0.5) is 0 Å². The molecule has 1 fully saturated rings. The van der Waals surface area contributed by atoms with E-state index in [0.717, 1.165) is 19.4 Å². The van der Waals surface area contributed by atoms with Crippen molar-refractivity contribution in [2.45, 2.75) is 50.5 Å². The highest BCUT2D eigenvalue weighted by molar-refractivity contribution is 5.46. The molecule has 3 rings (SSSR count). The topological polar surface area (TPSA) is 35.2 Å². The molecular weight excluding hydrogens is 210 g/mol. The summed E-state index contributed by atoms with van der Waals surface area (Å²) >= 11 is 0. The van der Waals surface area contributed by atoms with Crippen LogP contribution in [0.1, 0.15) is 49.1 Å². The van der Waals surface area contributed by atoms with Crippen LogP contribution >= 0.6 is 0 Å². The number of hydrogen-bond donors (Lipinski definition) is 1. The third-order valence-corrected chi connectivity index (χ3v) is 4.15. The van der Waals surface area contributed by atoms with Crippen molar-refractivity contribution < 1.29 is 4.74 Å². The van der Waals surface area contributed by atoms with Gasteiger partial charge in [-0.15, -0.1) is 0 Å². The van der Waals surface area contributed by atoms with Gasteiger partial charge in [-0.2, -0.15) is 0 Å². The Morgan fingerprint density at radius 1 is 1.18 bits per heavy atom. The van der Waals surface area contributed by atoms with Crippen molar-refractivity contribution in [1.29, 1.82) is 0 Å². The highest BCUT2D eigenvalue weighted by atomic mass is 16.5. The van der Waals surface area contributed by atoms with Crippen molar-refractivity contribution >= 4 is 0 Å². The van der Waals surface area contributed by atoms with Crippen molar-refractivity contribution in [1.82, 2.24) is 0 Å². The lowest BCUT2D eigenvalue weighted by Gasteiger charge is -2.19. The first-order valence-corrected chi connectivity index (χ1v) is 6.85. The predicted molar refractivity (Wildman–Crippen MR) is 69.4 cm³/mol. The fraction of sp³-hybridized carbons (Fsp3) is 0.600. The minimum Gasteiger partial charge on any atom is -0.493 e. The third kappa shape index (κ3) is 2.19. The van der Waals surface area contributed by atoms with Gasteiger partial charge < -0.3 is 10.5 Å². The number of rotatable bonds is 1. The lowest BCUT2D eigenvalue weighted by molar-refractivity contribution is 0.349. The SMILES string of the molecule is NC1CCCCC(c2cccc3c2OCC3)C1. The predicted octanol–water partition coefficient (Wildman–Crippen LogP) is 3.00. The average molecular weight is 231 g/mol. The molecule has 1 heterocycles. The monoisotopic (exact) mass is 231 g/mol. The molecular formula is C15H21NO. The maximum atomic E-state index is 6.17. The first-order valence-electron chi connectivity index (χ1n) is 6.85. The van der Waals surface area contributed by atoms with E-state index < -0.39 is 0 Å². The molecule has 0 aromatic heterocycles. The van der Waals surface area contributed by atoms with Crippen molar-refractivity contribution in [3.63, 3.8) is 0 Å². The van der Waals surface area contributed by atoms with E-state index in [4.69, 9.17) is 10.5 Å². The molecule has 1 saturated carbocycles. The van der Waals surface area contributed by atoms with Gasteiger partial charge >= 0.3 is 0 Å². The maximum absolute atomic E-state index is 6.17. The third-order valence-electron chi connectivity index (χ3n) is 4.15. The van der Waals surface area contributed by atoms with Gasteiger partial charge in [0.05, 0.1) is 6.61 Å². The fourth-order valence-electron chi connectivity index (χ4n) is 3.24. The molecule has 2 unspecified atom stereocenters. The second-order valence-electron chi connectivity index (χ2n) is 5.41. The van der Waals surface area contributed by atoms with Gasteiger partial charge in [-0.1, -0.05) is 31.0 Å². The Morgan fingerprint density at radius 2 is 2.06 bits per heavy atom. The average Bonchev–Trinajstić information content (AvgIpc) is 2.71. The normalized spacial score (nSPS) is 28.3. The molecule has 17 heavy (non-hydrogen) atoms. The van der Waals surface area contributed by atoms with E-state index in [0.29, 0.717) is 12.0 Å². The molecule has 0 amide bonds. The molecule has 2 nitrogen and oxygen atoms in total. The summed E-state index contributed by atoms with van der Waals surface area (Å²) in [4.78, 5) is 0. The Bertz CT molecular complexity index is 402. The molecule has 2 N–H and O–H groups in total. The van der Waals surface area contributed by atoms with Crippen LogP contribution in [0.3, 0.4) is 0 Å². The second kappa shape index (κ2) is 4.69. The van der Waals surface area contributed by atoms with E-state index in [1.807, 2.05) is 0 Å². The largest absolute Gasteiger partial charge is 0.493 e. The van der Waals surface area contributed by atoms with Gasteiger partial charge in [0.25, 0.3) is 0 Å². The van der Waals surface area contributed by atoms with Gasteiger partial charge in [0.15, 0.2) is 0 Å². The molecule has 1 aliphatic heterocycles. The van der Waals surface area contributed by atoms with Crippen LogP contribution in [-0.4, -0.2) is 12.6 Å². The molecule has 0 radical (unpaired) electrons. The number of fused-ring (bicyclic) bond motifs is 1. The number of benzene rings is 1.